The van der Waals surface area contributed by atoms with Crippen molar-refractivity contribution in [1.82, 2.24) is 4.98 Å². The fourth-order valence-electron chi connectivity index (χ4n) is 1.33. The topological polar surface area (TPSA) is 46.3 Å². The number of nitrogens with zero attached hydrogens (tertiary/aromatic N) is 1. The molecule has 0 spiro atoms. The second kappa shape index (κ2) is 3.18. The highest BCUT2D eigenvalue weighted by molar-refractivity contribution is 5.76. The molecule has 1 aromatic heterocycles. The number of hydrogen-bond acceptors (Lipinski definition) is 3. The van der Waals surface area contributed by atoms with Crippen LogP contribution in [0.5, 0.6) is 0 Å². The first kappa shape index (κ1) is 8.26. The zero-order valence-electron chi connectivity index (χ0n) is 7.45. The van der Waals surface area contributed by atoms with E-state index in [0.717, 1.165) is 29.0 Å². The summed E-state index contributed by atoms with van der Waals surface area (Å²) in [7, 11) is 0. The first-order chi connectivity index (χ1) is 6.35. The summed E-state index contributed by atoms with van der Waals surface area (Å²) in [4.78, 5) is 4.28. The van der Waals surface area contributed by atoms with E-state index in [1.54, 1.807) is 0 Å². The van der Waals surface area contributed by atoms with Gasteiger partial charge in [0, 0.05) is 12.0 Å². The molecule has 0 aliphatic heterocycles. The van der Waals surface area contributed by atoms with Crippen molar-refractivity contribution >= 4 is 11.1 Å². The number of rotatable bonds is 2. The molecule has 2 rings (SSSR count). The summed E-state index contributed by atoms with van der Waals surface area (Å²) in [5, 5.41) is 9.04. The lowest BCUT2D eigenvalue weighted by atomic mass is 10.2. The first-order valence-corrected chi connectivity index (χ1v) is 4.33. The van der Waals surface area contributed by atoms with E-state index >= 15 is 0 Å². The average molecular weight is 177 g/mol. The molecule has 0 saturated heterocycles. The van der Waals surface area contributed by atoms with E-state index in [1.807, 2.05) is 25.1 Å². The lowest BCUT2D eigenvalue weighted by molar-refractivity contribution is 0.283. The van der Waals surface area contributed by atoms with Crippen LogP contribution in [0.2, 0.25) is 0 Å². The molecule has 68 valence electrons. The van der Waals surface area contributed by atoms with Gasteiger partial charge in [0.1, 0.15) is 5.52 Å². The molecular formula is C10H11NO2. The maximum Gasteiger partial charge on any atom is 0.195 e. The molecule has 0 saturated carbocycles. The van der Waals surface area contributed by atoms with Gasteiger partial charge in [-0.1, -0.05) is 19.1 Å². The summed E-state index contributed by atoms with van der Waals surface area (Å²) in [6, 6.07) is 5.57. The number of para-hydroxylation sites is 1. The maximum atomic E-state index is 9.04. The molecule has 1 aromatic carbocycles. The van der Waals surface area contributed by atoms with E-state index in [1.165, 1.54) is 0 Å². The van der Waals surface area contributed by atoms with Gasteiger partial charge in [-0.3, -0.25) is 0 Å². The minimum Gasteiger partial charge on any atom is -0.441 e. The van der Waals surface area contributed by atoms with Crippen LogP contribution >= 0.6 is 0 Å². The molecule has 1 N–H and O–H groups in total. The van der Waals surface area contributed by atoms with Crippen molar-refractivity contribution in [1.29, 1.82) is 0 Å². The van der Waals surface area contributed by atoms with Crippen LogP contribution in [0.15, 0.2) is 22.6 Å². The molecule has 3 nitrogen and oxygen atoms in total. The van der Waals surface area contributed by atoms with Crippen molar-refractivity contribution in [2.24, 2.45) is 0 Å². The van der Waals surface area contributed by atoms with Gasteiger partial charge in [0.15, 0.2) is 11.5 Å². The standard InChI is InChI=1S/C10H11NO2/c1-2-9-11-10-7(6-12)4-3-5-8(10)13-9/h3-5,12H,2,6H2,1H3. The molecule has 2 aromatic rings. The minimum absolute atomic E-state index is 0.00697. The fraction of sp³-hybridized carbons (Fsp3) is 0.300. The highest BCUT2D eigenvalue weighted by Crippen LogP contribution is 2.19. The Balaban J connectivity index is 2.67. The summed E-state index contributed by atoms with van der Waals surface area (Å²) in [5.41, 5.74) is 2.35. The molecule has 0 amide bonds. The zero-order valence-corrected chi connectivity index (χ0v) is 7.45. The summed E-state index contributed by atoms with van der Waals surface area (Å²) in [5.74, 6) is 0.718. The Morgan fingerprint density at radius 1 is 1.46 bits per heavy atom. The molecule has 0 fully saturated rings. The average Bonchev–Trinajstić information content (AvgIpc) is 2.59. The predicted molar refractivity (Wildman–Crippen MR) is 49.3 cm³/mol. The van der Waals surface area contributed by atoms with Crippen molar-refractivity contribution in [3.05, 3.63) is 29.7 Å². The molecule has 13 heavy (non-hydrogen) atoms. The Hall–Kier alpha value is -1.35. The largest absolute Gasteiger partial charge is 0.441 e. The molecule has 0 aliphatic rings. The van der Waals surface area contributed by atoms with E-state index in [2.05, 4.69) is 4.98 Å². The normalized spacial score (nSPS) is 10.9. The summed E-state index contributed by atoms with van der Waals surface area (Å²) in [6.07, 6.45) is 0.777. The van der Waals surface area contributed by atoms with Crippen molar-refractivity contribution in [2.75, 3.05) is 0 Å². The van der Waals surface area contributed by atoms with Crippen LogP contribution in [0.25, 0.3) is 11.1 Å². The highest BCUT2D eigenvalue weighted by atomic mass is 16.3. The third-order valence-electron chi connectivity index (χ3n) is 2.02. The van der Waals surface area contributed by atoms with Crippen LogP contribution in [0.4, 0.5) is 0 Å². The van der Waals surface area contributed by atoms with Gasteiger partial charge < -0.3 is 9.52 Å². The number of oxazole rings is 1. The predicted octanol–water partition coefficient (Wildman–Crippen LogP) is 1.88. The van der Waals surface area contributed by atoms with Gasteiger partial charge in [-0.2, -0.15) is 0 Å². The third-order valence-corrected chi connectivity index (χ3v) is 2.02. The number of aliphatic hydroxyl groups is 1. The van der Waals surface area contributed by atoms with Gasteiger partial charge in [0.05, 0.1) is 6.61 Å². The van der Waals surface area contributed by atoms with Gasteiger partial charge in [0.25, 0.3) is 0 Å². The van der Waals surface area contributed by atoms with Gasteiger partial charge in [-0.05, 0) is 6.07 Å². The van der Waals surface area contributed by atoms with Crippen molar-refractivity contribution in [2.45, 2.75) is 20.0 Å². The zero-order chi connectivity index (χ0) is 9.26. The van der Waals surface area contributed by atoms with E-state index in [4.69, 9.17) is 9.52 Å². The highest BCUT2D eigenvalue weighted by Gasteiger charge is 2.06. The summed E-state index contributed by atoms with van der Waals surface area (Å²) >= 11 is 0. The number of hydrogen-bond donors (Lipinski definition) is 1. The number of aliphatic hydroxyl groups excluding tert-OH is 1. The Labute approximate surface area is 76.0 Å². The quantitative estimate of drug-likeness (QED) is 0.761. The monoisotopic (exact) mass is 177 g/mol. The molecule has 0 unspecified atom stereocenters. The Kier molecular flexibility index (Phi) is 2.02. The van der Waals surface area contributed by atoms with E-state index in [9.17, 15) is 0 Å². The van der Waals surface area contributed by atoms with E-state index in [-0.39, 0.29) is 6.61 Å². The minimum atomic E-state index is 0.00697. The molecular weight excluding hydrogens is 166 g/mol. The van der Waals surface area contributed by atoms with Crippen molar-refractivity contribution in [3.8, 4) is 0 Å². The first-order valence-electron chi connectivity index (χ1n) is 4.33. The van der Waals surface area contributed by atoms with Crippen molar-refractivity contribution in [3.63, 3.8) is 0 Å². The molecule has 3 heteroatoms. The summed E-state index contributed by atoms with van der Waals surface area (Å²) in [6.45, 7) is 2.00. The summed E-state index contributed by atoms with van der Waals surface area (Å²) < 4.78 is 5.44. The SMILES string of the molecule is CCc1nc2c(CO)cccc2o1. The van der Waals surface area contributed by atoms with E-state index < -0.39 is 0 Å². The molecule has 0 bridgehead atoms. The fourth-order valence-corrected chi connectivity index (χ4v) is 1.33. The molecule has 0 atom stereocenters. The smallest absolute Gasteiger partial charge is 0.195 e. The van der Waals surface area contributed by atoms with Gasteiger partial charge in [-0.25, -0.2) is 4.98 Å². The number of aromatic nitrogens is 1. The number of benzene rings is 1. The van der Waals surface area contributed by atoms with Crippen LogP contribution in [0.1, 0.15) is 18.4 Å². The lowest BCUT2D eigenvalue weighted by Gasteiger charge is -1.93. The van der Waals surface area contributed by atoms with Gasteiger partial charge in [-0.15, -0.1) is 0 Å². The van der Waals surface area contributed by atoms with E-state index in [0.29, 0.717) is 0 Å². The molecule has 0 aliphatic carbocycles. The molecule has 1 heterocycles. The third kappa shape index (κ3) is 1.31. The second-order valence-electron chi connectivity index (χ2n) is 2.88. The van der Waals surface area contributed by atoms with Gasteiger partial charge >= 0.3 is 0 Å². The van der Waals surface area contributed by atoms with Gasteiger partial charge in [0.2, 0.25) is 0 Å². The maximum absolute atomic E-state index is 9.04. The number of aryl methyl sites for hydroxylation is 1. The Morgan fingerprint density at radius 3 is 3.00 bits per heavy atom. The van der Waals surface area contributed by atoms with Crippen LogP contribution in [-0.2, 0) is 13.0 Å². The van der Waals surface area contributed by atoms with Crippen LogP contribution in [0, 0.1) is 0 Å². The Bertz CT molecular complexity index is 420. The lowest BCUT2D eigenvalue weighted by Crippen LogP contribution is -1.84. The van der Waals surface area contributed by atoms with Crippen LogP contribution in [0.3, 0.4) is 0 Å². The molecule has 0 radical (unpaired) electrons. The van der Waals surface area contributed by atoms with Crippen LogP contribution < -0.4 is 0 Å². The van der Waals surface area contributed by atoms with Crippen LogP contribution in [-0.4, -0.2) is 10.1 Å². The number of fused-ring (bicyclic) bond motifs is 1. The second-order valence-corrected chi connectivity index (χ2v) is 2.88. The Morgan fingerprint density at radius 2 is 2.31 bits per heavy atom. The van der Waals surface area contributed by atoms with Crippen molar-refractivity contribution < 1.29 is 9.52 Å².